The van der Waals surface area contributed by atoms with Crippen molar-refractivity contribution in [3.8, 4) is 0 Å². The van der Waals surface area contributed by atoms with Crippen LogP contribution in [0.4, 0.5) is 0 Å². The van der Waals surface area contributed by atoms with E-state index in [4.69, 9.17) is 11.5 Å². The highest BCUT2D eigenvalue weighted by atomic mass is 16.1. The number of aliphatic imine (C=N–C) groups is 1. The highest BCUT2D eigenvalue weighted by Gasteiger charge is 2.21. The molecule has 0 aliphatic carbocycles. The molecule has 0 saturated carbocycles. The average molecular weight is 197 g/mol. The summed E-state index contributed by atoms with van der Waals surface area (Å²) in [6, 6.07) is 0. The van der Waals surface area contributed by atoms with Gasteiger partial charge in [-0.3, -0.25) is 9.79 Å². The molecule has 0 aromatic heterocycles. The van der Waals surface area contributed by atoms with Crippen LogP contribution in [0.2, 0.25) is 0 Å². The fourth-order valence-corrected chi connectivity index (χ4v) is 0.743. The highest BCUT2D eigenvalue weighted by molar-refractivity contribution is 5.85. The van der Waals surface area contributed by atoms with Crippen LogP contribution in [0, 0.1) is 0 Å². The summed E-state index contributed by atoms with van der Waals surface area (Å²) in [6.45, 7) is 5.49. The second kappa shape index (κ2) is 5.54. The van der Waals surface area contributed by atoms with Crippen molar-refractivity contribution in [2.75, 3.05) is 6.54 Å². The standard InChI is InChI=1S/C10H19N3O/c1-8(14)10(3,12)6-4-5-7-13-9(2)11/h4-5H,6-7,12H2,1-3H3,(H2,11,13)/b5-4+/t10-/m0/s1. The Bertz CT molecular complexity index is 250. The summed E-state index contributed by atoms with van der Waals surface area (Å²) in [4.78, 5) is 15.0. The van der Waals surface area contributed by atoms with Crippen LogP contribution < -0.4 is 11.5 Å². The third kappa shape index (κ3) is 5.48. The zero-order chi connectivity index (χ0) is 11.2. The monoisotopic (exact) mass is 197 g/mol. The maximum absolute atomic E-state index is 11.0. The number of hydrogen-bond donors (Lipinski definition) is 2. The number of Topliss-reactive ketones (excluding diaryl/α,β-unsaturated/α-hetero) is 1. The second-order valence-corrected chi connectivity index (χ2v) is 3.63. The minimum atomic E-state index is -0.766. The van der Waals surface area contributed by atoms with Gasteiger partial charge in [-0.05, 0) is 27.2 Å². The molecule has 0 saturated heterocycles. The molecule has 0 spiro atoms. The Balaban J connectivity index is 3.94. The fraction of sp³-hybridized carbons (Fsp3) is 0.600. The molecular weight excluding hydrogens is 178 g/mol. The van der Waals surface area contributed by atoms with E-state index in [1.165, 1.54) is 6.92 Å². The molecule has 0 rings (SSSR count). The minimum Gasteiger partial charge on any atom is -0.388 e. The van der Waals surface area contributed by atoms with Crippen molar-refractivity contribution in [1.29, 1.82) is 0 Å². The zero-order valence-electron chi connectivity index (χ0n) is 9.08. The number of carbonyl (C=O) groups excluding carboxylic acids is 1. The van der Waals surface area contributed by atoms with Gasteiger partial charge in [0.15, 0.2) is 0 Å². The van der Waals surface area contributed by atoms with Gasteiger partial charge in [0.05, 0.1) is 17.9 Å². The predicted octanol–water partition coefficient (Wildman–Crippen LogP) is 0.616. The quantitative estimate of drug-likeness (QED) is 0.385. The van der Waals surface area contributed by atoms with E-state index in [9.17, 15) is 4.79 Å². The van der Waals surface area contributed by atoms with E-state index < -0.39 is 5.54 Å². The van der Waals surface area contributed by atoms with Gasteiger partial charge in [0.25, 0.3) is 0 Å². The molecule has 0 amide bonds. The second-order valence-electron chi connectivity index (χ2n) is 3.63. The average Bonchev–Trinajstić information content (AvgIpc) is 2.02. The van der Waals surface area contributed by atoms with Crippen LogP contribution in [0.25, 0.3) is 0 Å². The molecule has 0 aromatic carbocycles. The Kier molecular flexibility index (Phi) is 5.09. The molecule has 0 radical (unpaired) electrons. The molecule has 0 aliphatic rings. The van der Waals surface area contributed by atoms with Gasteiger partial charge in [-0.2, -0.15) is 0 Å². The van der Waals surface area contributed by atoms with Crippen LogP contribution in [0.15, 0.2) is 17.1 Å². The molecule has 0 fully saturated rings. The first kappa shape index (κ1) is 12.8. The fourth-order valence-electron chi connectivity index (χ4n) is 0.743. The molecule has 4 nitrogen and oxygen atoms in total. The van der Waals surface area contributed by atoms with Crippen LogP contribution in [-0.4, -0.2) is 23.7 Å². The van der Waals surface area contributed by atoms with Gasteiger partial charge in [0, 0.05) is 0 Å². The SMILES string of the molecule is CC(=O)[C@@](C)(N)C/C=C/CN=C(C)N. The van der Waals surface area contributed by atoms with Crippen LogP contribution in [-0.2, 0) is 4.79 Å². The lowest BCUT2D eigenvalue weighted by Crippen LogP contribution is -2.42. The summed E-state index contributed by atoms with van der Waals surface area (Å²) in [7, 11) is 0. The summed E-state index contributed by atoms with van der Waals surface area (Å²) in [5.41, 5.74) is 10.3. The molecule has 1 atom stereocenters. The van der Waals surface area contributed by atoms with E-state index in [1.807, 2.05) is 12.2 Å². The van der Waals surface area contributed by atoms with Crippen molar-refractivity contribution >= 4 is 11.6 Å². The Morgan fingerprint density at radius 3 is 2.43 bits per heavy atom. The molecule has 80 valence electrons. The van der Waals surface area contributed by atoms with Crippen LogP contribution in [0.1, 0.15) is 27.2 Å². The summed E-state index contributed by atoms with van der Waals surface area (Å²) >= 11 is 0. The summed E-state index contributed by atoms with van der Waals surface area (Å²) in [6.07, 6.45) is 4.24. The van der Waals surface area contributed by atoms with Crippen LogP contribution in [0.5, 0.6) is 0 Å². The molecule has 4 heteroatoms. The van der Waals surface area contributed by atoms with Gasteiger partial charge in [-0.1, -0.05) is 12.2 Å². The number of nitrogens with zero attached hydrogens (tertiary/aromatic N) is 1. The lowest BCUT2D eigenvalue weighted by atomic mass is 9.95. The normalized spacial score (nSPS) is 17.0. The summed E-state index contributed by atoms with van der Waals surface area (Å²) in [5, 5.41) is 0. The molecule has 0 bridgehead atoms. The molecule has 4 N–H and O–H groups in total. The highest BCUT2D eigenvalue weighted by Crippen LogP contribution is 2.07. The van der Waals surface area contributed by atoms with E-state index in [-0.39, 0.29) is 5.78 Å². The van der Waals surface area contributed by atoms with Gasteiger partial charge >= 0.3 is 0 Å². The van der Waals surface area contributed by atoms with Gasteiger partial charge in [0.1, 0.15) is 5.78 Å². The molecule has 14 heavy (non-hydrogen) atoms. The van der Waals surface area contributed by atoms with Gasteiger partial charge in [-0.25, -0.2) is 0 Å². The molecule has 0 unspecified atom stereocenters. The maximum atomic E-state index is 11.0. The minimum absolute atomic E-state index is 0.0133. The number of rotatable bonds is 5. The third-order valence-electron chi connectivity index (χ3n) is 1.96. The first-order chi connectivity index (χ1) is 6.36. The Morgan fingerprint density at radius 2 is 2.00 bits per heavy atom. The first-order valence-electron chi connectivity index (χ1n) is 4.57. The number of ketones is 1. The van der Waals surface area contributed by atoms with E-state index in [0.717, 1.165) is 0 Å². The molecule has 0 aliphatic heterocycles. The van der Waals surface area contributed by atoms with Crippen LogP contribution in [0.3, 0.4) is 0 Å². The number of amidine groups is 1. The van der Waals surface area contributed by atoms with Crippen molar-refractivity contribution in [3.05, 3.63) is 12.2 Å². The predicted molar refractivity (Wildman–Crippen MR) is 59.2 cm³/mol. The van der Waals surface area contributed by atoms with Crippen molar-refractivity contribution in [3.63, 3.8) is 0 Å². The van der Waals surface area contributed by atoms with E-state index in [1.54, 1.807) is 13.8 Å². The van der Waals surface area contributed by atoms with E-state index >= 15 is 0 Å². The molecular formula is C10H19N3O. The topological polar surface area (TPSA) is 81.5 Å². The number of hydrogen-bond acceptors (Lipinski definition) is 3. The maximum Gasteiger partial charge on any atom is 0.149 e. The van der Waals surface area contributed by atoms with Crippen molar-refractivity contribution in [1.82, 2.24) is 0 Å². The number of carbonyl (C=O) groups is 1. The van der Waals surface area contributed by atoms with E-state index in [2.05, 4.69) is 4.99 Å². The van der Waals surface area contributed by atoms with Gasteiger partial charge < -0.3 is 11.5 Å². The van der Waals surface area contributed by atoms with Crippen molar-refractivity contribution in [2.24, 2.45) is 16.5 Å². The van der Waals surface area contributed by atoms with Gasteiger partial charge in [-0.15, -0.1) is 0 Å². The Morgan fingerprint density at radius 1 is 1.43 bits per heavy atom. The first-order valence-corrected chi connectivity index (χ1v) is 4.57. The largest absolute Gasteiger partial charge is 0.388 e. The lowest BCUT2D eigenvalue weighted by Gasteiger charge is -2.18. The van der Waals surface area contributed by atoms with Gasteiger partial charge in [0.2, 0.25) is 0 Å². The lowest BCUT2D eigenvalue weighted by molar-refractivity contribution is -0.121. The van der Waals surface area contributed by atoms with E-state index in [0.29, 0.717) is 18.8 Å². The Labute approximate surface area is 85.1 Å². The van der Waals surface area contributed by atoms with Crippen molar-refractivity contribution in [2.45, 2.75) is 32.7 Å². The summed E-state index contributed by atoms with van der Waals surface area (Å²) < 4.78 is 0. The van der Waals surface area contributed by atoms with Crippen LogP contribution >= 0.6 is 0 Å². The number of nitrogens with two attached hydrogens (primary N) is 2. The van der Waals surface area contributed by atoms with Crippen molar-refractivity contribution < 1.29 is 4.79 Å². The smallest absolute Gasteiger partial charge is 0.149 e. The Hall–Kier alpha value is -1.16. The summed E-state index contributed by atoms with van der Waals surface area (Å²) in [5.74, 6) is 0.539. The third-order valence-corrected chi connectivity index (χ3v) is 1.96. The zero-order valence-corrected chi connectivity index (χ0v) is 9.08. The molecule has 0 aromatic rings. The molecule has 0 heterocycles.